The molecule has 0 saturated heterocycles. The number of rotatable bonds is 5. The molecule has 1 aromatic rings. The lowest BCUT2D eigenvalue weighted by atomic mass is 10.2. The van der Waals surface area contributed by atoms with Gasteiger partial charge in [0.1, 0.15) is 0 Å². The molecule has 1 rings (SSSR count). The second-order valence-electron chi connectivity index (χ2n) is 3.49. The summed E-state index contributed by atoms with van der Waals surface area (Å²) in [5.41, 5.74) is 6.25. The van der Waals surface area contributed by atoms with Crippen molar-refractivity contribution in [2.24, 2.45) is 10.9 Å². The van der Waals surface area contributed by atoms with E-state index >= 15 is 0 Å². The molecule has 17 heavy (non-hydrogen) atoms. The second kappa shape index (κ2) is 5.53. The molecule has 0 atom stereocenters. The van der Waals surface area contributed by atoms with Crippen LogP contribution in [-0.2, 0) is 10.0 Å². The third-order valence-corrected chi connectivity index (χ3v) is 3.50. The van der Waals surface area contributed by atoms with Gasteiger partial charge in [0.25, 0.3) is 0 Å². The van der Waals surface area contributed by atoms with Gasteiger partial charge in [0, 0.05) is 11.3 Å². The Morgan fingerprint density at radius 2 is 2.24 bits per heavy atom. The van der Waals surface area contributed by atoms with E-state index in [0.29, 0.717) is 17.7 Å². The second-order valence-corrected chi connectivity index (χ2v) is 5.33. The van der Waals surface area contributed by atoms with E-state index < -0.39 is 10.0 Å². The molecule has 0 aliphatic heterocycles. The standard InChI is InChI=1S/C10H15N3O3S/c1-2-6-17(15,16)13-9-5-3-4-8(7-9)10(11)12-14/h3-5,7,13-14H,2,6H2,1H3,(H2,11,12). The number of benzene rings is 1. The van der Waals surface area contributed by atoms with Gasteiger partial charge in [0.15, 0.2) is 5.84 Å². The summed E-state index contributed by atoms with van der Waals surface area (Å²) in [6, 6.07) is 6.34. The van der Waals surface area contributed by atoms with Crippen LogP contribution in [-0.4, -0.2) is 25.2 Å². The summed E-state index contributed by atoms with van der Waals surface area (Å²) in [5, 5.41) is 11.4. The van der Waals surface area contributed by atoms with Gasteiger partial charge in [-0.3, -0.25) is 4.72 Å². The summed E-state index contributed by atoms with van der Waals surface area (Å²) in [5.74, 6) is -0.0117. The van der Waals surface area contributed by atoms with Crippen LogP contribution in [0.2, 0.25) is 0 Å². The smallest absolute Gasteiger partial charge is 0.232 e. The van der Waals surface area contributed by atoms with Crippen LogP contribution in [0.5, 0.6) is 0 Å². The summed E-state index contributed by atoms with van der Waals surface area (Å²) >= 11 is 0. The summed E-state index contributed by atoms with van der Waals surface area (Å²) in [6.45, 7) is 1.78. The van der Waals surface area contributed by atoms with Gasteiger partial charge in [-0.2, -0.15) is 0 Å². The molecule has 0 bridgehead atoms. The van der Waals surface area contributed by atoms with Gasteiger partial charge in [-0.05, 0) is 18.6 Å². The van der Waals surface area contributed by atoms with Crippen LogP contribution in [0.1, 0.15) is 18.9 Å². The lowest BCUT2D eigenvalue weighted by molar-refractivity contribution is 0.318. The molecule has 0 aliphatic rings. The van der Waals surface area contributed by atoms with Crippen LogP contribution in [0.15, 0.2) is 29.4 Å². The predicted molar refractivity (Wildman–Crippen MR) is 66.7 cm³/mol. The molecular weight excluding hydrogens is 242 g/mol. The number of hydrogen-bond acceptors (Lipinski definition) is 4. The van der Waals surface area contributed by atoms with Crippen molar-refractivity contribution in [3.63, 3.8) is 0 Å². The molecule has 0 amide bonds. The molecule has 4 N–H and O–H groups in total. The van der Waals surface area contributed by atoms with E-state index in [0.717, 1.165) is 0 Å². The van der Waals surface area contributed by atoms with Crippen molar-refractivity contribution in [1.82, 2.24) is 0 Å². The Morgan fingerprint density at radius 1 is 1.53 bits per heavy atom. The van der Waals surface area contributed by atoms with Crippen LogP contribution in [0.25, 0.3) is 0 Å². The lowest BCUT2D eigenvalue weighted by Gasteiger charge is -2.08. The number of nitrogens with one attached hydrogen (secondary N) is 1. The van der Waals surface area contributed by atoms with E-state index in [9.17, 15) is 8.42 Å². The van der Waals surface area contributed by atoms with Crippen LogP contribution in [0.3, 0.4) is 0 Å². The quantitative estimate of drug-likeness (QED) is 0.316. The predicted octanol–water partition coefficient (Wildman–Crippen LogP) is 0.933. The Labute approximate surface area is 100 Å². The maximum Gasteiger partial charge on any atom is 0.232 e. The molecule has 7 heteroatoms. The maximum absolute atomic E-state index is 11.5. The molecule has 0 fully saturated rings. The van der Waals surface area contributed by atoms with Gasteiger partial charge >= 0.3 is 0 Å². The van der Waals surface area contributed by atoms with Crippen molar-refractivity contribution >= 4 is 21.5 Å². The minimum atomic E-state index is -3.33. The van der Waals surface area contributed by atoms with Crippen LogP contribution >= 0.6 is 0 Å². The van der Waals surface area contributed by atoms with Crippen molar-refractivity contribution in [2.45, 2.75) is 13.3 Å². The number of oxime groups is 1. The summed E-state index contributed by atoms with van der Waals surface area (Å²) in [4.78, 5) is 0. The third kappa shape index (κ3) is 3.95. The molecule has 0 radical (unpaired) electrons. The zero-order chi connectivity index (χ0) is 12.9. The molecule has 94 valence electrons. The van der Waals surface area contributed by atoms with E-state index in [-0.39, 0.29) is 11.6 Å². The van der Waals surface area contributed by atoms with Crippen molar-refractivity contribution in [2.75, 3.05) is 10.5 Å². The van der Waals surface area contributed by atoms with Gasteiger partial charge in [-0.25, -0.2) is 8.42 Å². The van der Waals surface area contributed by atoms with Gasteiger partial charge in [-0.1, -0.05) is 24.2 Å². The molecule has 0 unspecified atom stereocenters. The number of anilines is 1. The number of amidine groups is 1. The first-order valence-electron chi connectivity index (χ1n) is 5.07. The maximum atomic E-state index is 11.5. The number of sulfonamides is 1. The van der Waals surface area contributed by atoms with Gasteiger partial charge in [0.05, 0.1) is 5.75 Å². The van der Waals surface area contributed by atoms with E-state index in [2.05, 4.69) is 9.88 Å². The largest absolute Gasteiger partial charge is 0.409 e. The first-order valence-corrected chi connectivity index (χ1v) is 6.72. The molecule has 0 spiro atoms. The van der Waals surface area contributed by atoms with Crippen molar-refractivity contribution in [1.29, 1.82) is 0 Å². The normalized spacial score (nSPS) is 12.4. The first-order chi connectivity index (χ1) is 7.98. The summed E-state index contributed by atoms with van der Waals surface area (Å²) < 4.78 is 25.5. The van der Waals surface area contributed by atoms with E-state index in [1.165, 1.54) is 6.07 Å². The number of nitrogens with two attached hydrogens (primary N) is 1. The fourth-order valence-electron chi connectivity index (χ4n) is 1.30. The van der Waals surface area contributed by atoms with Crippen molar-refractivity contribution in [3.8, 4) is 0 Å². The Morgan fingerprint density at radius 3 is 2.82 bits per heavy atom. The monoisotopic (exact) mass is 257 g/mol. The minimum absolute atomic E-state index is 0.0563. The first kappa shape index (κ1) is 13.3. The van der Waals surface area contributed by atoms with E-state index in [4.69, 9.17) is 10.9 Å². The fourth-order valence-corrected chi connectivity index (χ4v) is 2.42. The molecule has 6 nitrogen and oxygen atoms in total. The van der Waals surface area contributed by atoms with Crippen LogP contribution in [0.4, 0.5) is 5.69 Å². The van der Waals surface area contributed by atoms with E-state index in [1.54, 1.807) is 25.1 Å². The molecule has 0 aliphatic carbocycles. The molecule has 1 aromatic carbocycles. The minimum Gasteiger partial charge on any atom is -0.409 e. The van der Waals surface area contributed by atoms with Crippen LogP contribution in [0, 0.1) is 0 Å². The average Bonchev–Trinajstić information content (AvgIpc) is 2.27. The zero-order valence-corrected chi connectivity index (χ0v) is 10.2. The average molecular weight is 257 g/mol. The highest BCUT2D eigenvalue weighted by molar-refractivity contribution is 7.92. The Hall–Kier alpha value is -1.76. The molecule has 0 aromatic heterocycles. The highest BCUT2D eigenvalue weighted by Gasteiger charge is 2.09. The van der Waals surface area contributed by atoms with Crippen molar-refractivity contribution in [3.05, 3.63) is 29.8 Å². The fraction of sp³-hybridized carbons (Fsp3) is 0.300. The van der Waals surface area contributed by atoms with Crippen LogP contribution < -0.4 is 10.5 Å². The highest BCUT2D eigenvalue weighted by Crippen LogP contribution is 2.12. The number of hydrogen-bond donors (Lipinski definition) is 3. The van der Waals surface area contributed by atoms with Gasteiger partial charge in [0.2, 0.25) is 10.0 Å². The zero-order valence-electron chi connectivity index (χ0n) is 9.42. The Kier molecular flexibility index (Phi) is 4.33. The summed E-state index contributed by atoms with van der Waals surface area (Å²) in [7, 11) is -3.33. The summed E-state index contributed by atoms with van der Waals surface area (Å²) in [6.07, 6.45) is 0.537. The van der Waals surface area contributed by atoms with Gasteiger partial charge in [-0.15, -0.1) is 0 Å². The molecule has 0 heterocycles. The Balaban J connectivity index is 2.94. The highest BCUT2D eigenvalue weighted by atomic mass is 32.2. The van der Waals surface area contributed by atoms with E-state index in [1.807, 2.05) is 0 Å². The molecular formula is C10H15N3O3S. The lowest BCUT2D eigenvalue weighted by Crippen LogP contribution is -2.17. The topological polar surface area (TPSA) is 105 Å². The number of nitrogens with zero attached hydrogens (tertiary/aromatic N) is 1. The third-order valence-electron chi connectivity index (χ3n) is 2.01. The van der Waals surface area contributed by atoms with Crippen molar-refractivity contribution < 1.29 is 13.6 Å². The van der Waals surface area contributed by atoms with Gasteiger partial charge < -0.3 is 10.9 Å². The SMILES string of the molecule is CCCS(=O)(=O)Nc1cccc(/C(N)=N/O)c1. The Bertz CT molecular complexity index is 511. The molecule has 0 saturated carbocycles.